The second-order valence-corrected chi connectivity index (χ2v) is 11.2. The van der Waals surface area contributed by atoms with Crippen LogP contribution in [0.25, 0.3) is 11.4 Å². The molecule has 3 aromatic carbocycles. The van der Waals surface area contributed by atoms with E-state index in [1.807, 2.05) is 12.1 Å². The predicted molar refractivity (Wildman–Crippen MR) is 171 cm³/mol. The summed E-state index contributed by atoms with van der Waals surface area (Å²) in [5, 5.41) is 15.8. The monoisotopic (exact) mass is 646 g/mol. The molecule has 1 aromatic heterocycles. The number of aromatic nitrogens is 4. The molecule has 0 bridgehead atoms. The first kappa shape index (κ1) is 33.2. The second kappa shape index (κ2) is 15.4. The van der Waals surface area contributed by atoms with Crippen molar-refractivity contribution in [1.82, 2.24) is 30.4 Å². The summed E-state index contributed by atoms with van der Waals surface area (Å²) in [7, 11) is 6.18. The molecule has 1 heterocycles. The number of nitrogens with zero attached hydrogens (tertiary/aromatic N) is 5. The minimum absolute atomic E-state index is 0.00859. The van der Waals surface area contributed by atoms with Crippen molar-refractivity contribution in [1.29, 1.82) is 0 Å². The maximum atomic E-state index is 14.2. The lowest BCUT2D eigenvalue weighted by molar-refractivity contribution is -0.142. The molecule has 248 valence electrons. The highest BCUT2D eigenvalue weighted by molar-refractivity contribution is 5.89. The Kier molecular flexibility index (Phi) is 10.9. The quantitative estimate of drug-likeness (QED) is 0.212. The van der Waals surface area contributed by atoms with Crippen molar-refractivity contribution in [3.8, 4) is 34.4 Å². The highest BCUT2D eigenvalue weighted by Gasteiger charge is 2.33. The first-order valence-corrected chi connectivity index (χ1v) is 15.4. The SMILES string of the molecule is COc1ccc(CCN(C(=O)Cn2nnc(-c3ccc(OC)c(OC)c3)n2)[C@@H](C(=O)NC2CCCC2)c2ccc(F)cc2)cc1OC. The van der Waals surface area contributed by atoms with Gasteiger partial charge in [-0.3, -0.25) is 9.59 Å². The normalized spacial score (nSPS) is 13.6. The summed E-state index contributed by atoms with van der Waals surface area (Å²) < 4.78 is 35.6. The fraction of sp³-hybridized carbons (Fsp3) is 0.382. The molecule has 1 fully saturated rings. The van der Waals surface area contributed by atoms with Crippen LogP contribution in [0.2, 0.25) is 0 Å². The number of halogens is 1. The van der Waals surface area contributed by atoms with E-state index in [0.29, 0.717) is 40.5 Å². The molecule has 0 spiro atoms. The van der Waals surface area contributed by atoms with E-state index in [0.717, 1.165) is 31.2 Å². The van der Waals surface area contributed by atoms with Gasteiger partial charge in [0, 0.05) is 18.2 Å². The van der Waals surface area contributed by atoms with Crippen molar-refractivity contribution in [2.24, 2.45) is 0 Å². The minimum Gasteiger partial charge on any atom is -0.493 e. The van der Waals surface area contributed by atoms with Gasteiger partial charge in [-0.1, -0.05) is 31.0 Å². The Labute approximate surface area is 272 Å². The summed E-state index contributed by atoms with van der Waals surface area (Å²) in [4.78, 5) is 30.8. The average Bonchev–Trinajstić information content (AvgIpc) is 3.79. The van der Waals surface area contributed by atoms with Crippen LogP contribution in [0.1, 0.15) is 42.9 Å². The Bertz CT molecular complexity index is 1670. The molecular formula is C34H39FN6O6. The van der Waals surface area contributed by atoms with E-state index in [1.54, 1.807) is 45.6 Å². The molecule has 5 rings (SSSR count). The van der Waals surface area contributed by atoms with E-state index >= 15 is 0 Å². The molecule has 4 aromatic rings. The first-order chi connectivity index (χ1) is 22.8. The Morgan fingerprint density at radius 3 is 2.19 bits per heavy atom. The summed E-state index contributed by atoms with van der Waals surface area (Å²) in [5.41, 5.74) is 1.97. The Hall–Kier alpha value is -5.20. The summed E-state index contributed by atoms with van der Waals surface area (Å²) in [5.74, 6) is 1.25. The minimum atomic E-state index is -1.03. The van der Waals surface area contributed by atoms with Crippen LogP contribution >= 0.6 is 0 Å². The first-order valence-electron chi connectivity index (χ1n) is 15.4. The zero-order valence-electron chi connectivity index (χ0n) is 26.9. The predicted octanol–water partition coefficient (Wildman–Crippen LogP) is 4.39. The van der Waals surface area contributed by atoms with Crippen molar-refractivity contribution < 1.29 is 32.9 Å². The van der Waals surface area contributed by atoms with Gasteiger partial charge in [0.25, 0.3) is 0 Å². The molecule has 0 aliphatic heterocycles. The van der Waals surface area contributed by atoms with Gasteiger partial charge in [-0.2, -0.15) is 4.80 Å². The van der Waals surface area contributed by atoms with Crippen LogP contribution in [0, 0.1) is 5.82 Å². The third kappa shape index (κ3) is 7.97. The van der Waals surface area contributed by atoms with Gasteiger partial charge in [-0.15, -0.1) is 10.2 Å². The van der Waals surface area contributed by atoms with Crippen molar-refractivity contribution >= 4 is 11.8 Å². The number of methoxy groups -OCH3 is 4. The summed E-state index contributed by atoms with van der Waals surface area (Å²) in [6.07, 6.45) is 4.16. The molecule has 1 saturated carbocycles. The van der Waals surface area contributed by atoms with Crippen molar-refractivity contribution in [2.45, 2.75) is 50.7 Å². The molecule has 1 atom stereocenters. The summed E-state index contributed by atoms with van der Waals surface area (Å²) >= 11 is 0. The molecule has 1 N–H and O–H groups in total. The Balaban J connectivity index is 1.46. The molecular weight excluding hydrogens is 607 g/mol. The highest BCUT2D eigenvalue weighted by atomic mass is 19.1. The average molecular weight is 647 g/mol. The Morgan fingerprint density at radius 1 is 0.894 bits per heavy atom. The number of carbonyl (C=O) groups excluding carboxylic acids is 2. The van der Waals surface area contributed by atoms with Crippen LogP contribution in [-0.4, -0.2) is 77.9 Å². The van der Waals surface area contributed by atoms with Gasteiger partial charge in [0.1, 0.15) is 18.4 Å². The summed E-state index contributed by atoms with van der Waals surface area (Å²) in [6.45, 7) is -0.133. The second-order valence-electron chi connectivity index (χ2n) is 11.2. The number of rotatable bonds is 14. The number of nitrogens with one attached hydrogen (secondary N) is 1. The number of tetrazole rings is 1. The molecule has 1 aliphatic carbocycles. The smallest absolute Gasteiger partial charge is 0.247 e. The van der Waals surface area contributed by atoms with E-state index in [9.17, 15) is 14.0 Å². The van der Waals surface area contributed by atoms with Gasteiger partial charge in [0.2, 0.25) is 17.6 Å². The van der Waals surface area contributed by atoms with Gasteiger partial charge < -0.3 is 29.2 Å². The number of carbonyl (C=O) groups is 2. The maximum Gasteiger partial charge on any atom is 0.247 e. The van der Waals surface area contributed by atoms with E-state index in [2.05, 4.69) is 20.7 Å². The molecule has 12 nitrogen and oxygen atoms in total. The molecule has 0 saturated heterocycles. The zero-order valence-corrected chi connectivity index (χ0v) is 26.9. The molecule has 13 heteroatoms. The van der Waals surface area contributed by atoms with Crippen LogP contribution < -0.4 is 24.3 Å². The lowest BCUT2D eigenvalue weighted by Gasteiger charge is -2.32. The van der Waals surface area contributed by atoms with Gasteiger partial charge in [0.05, 0.1) is 28.4 Å². The fourth-order valence-corrected chi connectivity index (χ4v) is 5.76. The number of benzene rings is 3. The largest absolute Gasteiger partial charge is 0.493 e. The van der Waals surface area contributed by atoms with Gasteiger partial charge in [-0.05, 0) is 78.1 Å². The van der Waals surface area contributed by atoms with Crippen LogP contribution in [0.4, 0.5) is 4.39 Å². The molecule has 1 aliphatic rings. The fourth-order valence-electron chi connectivity index (χ4n) is 5.76. The Morgan fingerprint density at radius 2 is 1.53 bits per heavy atom. The number of hydrogen-bond acceptors (Lipinski definition) is 9. The number of ether oxygens (including phenoxy) is 4. The van der Waals surface area contributed by atoms with Gasteiger partial charge in [0.15, 0.2) is 23.0 Å². The molecule has 47 heavy (non-hydrogen) atoms. The van der Waals surface area contributed by atoms with Crippen molar-refractivity contribution in [3.05, 3.63) is 77.6 Å². The number of hydrogen-bond donors (Lipinski definition) is 1. The van der Waals surface area contributed by atoms with Gasteiger partial charge in [-0.25, -0.2) is 4.39 Å². The zero-order chi connectivity index (χ0) is 33.3. The van der Waals surface area contributed by atoms with Gasteiger partial charge >= 0.3 is 0 Å². The van der Waals surface area contributed by atoms with E-state index < -0.39 is 17.8 Å². The van der Waals surface area contributed by atoms with E-state index in [-0.39, 0.29) is 30.9 Å². The molecule has 0 radical (unpaired) electrons. The third-order valence-electron chi connectivity index (χ3n) is 8.23. The lowest BCUT2D eigenvalue weighted by Crippen LogP contribution is -2.47. The van der Waals surface area contributed by atoms with Crippen LogP contribution in [0.5, 0.6) is 23.0 Å². The molecule has 0 unspecified atom stereocenters. The van der Waals surface area contributed by atoms with Crippen molar-refractivity contribution in [2.75, 3.05) is 35.0 Å². The standard InChI is InChI=1S/C34H39FN6O6/c1-44-27-15-9-22(19-29(27)46-3)17-18-40(32(23-10-13-25(35)14-11-23)34(43)36-26-7-5-6-8-26)31(42)21-41-38-33(37-39-41)24-12-16-28(45-2)30(20-24)47-4/h9-16,19-20,26,32H,5-8,17-18,21H2,1-4H3,(H,36,43)/t32-/m1/s1. The van der Waals surface area contributed by atoms with Crippen molar-refractivity contribution in [3.63, 3.8) is 0 Å². The lowest BCUT2D eigenvalue weighted by atomic mass is 10.0. The van der Waals surface area contributed by atoms with E-state index in [4.69, 9.17) is 18.9 Å². The third-order valence-corrected chi connectivity index (χ3v) is 8.23. The topological polar surface area (TPSA) is 130 Å². The van der Waals surface area contributed by atoms with Crippen LogP contribution in [0.3, 0.4) is 0 Å². The summed E-state index contributed by atoms with van der Waals surface area (Å²) in [6, 6.07) is 15.3. The van der Waals surface area contributed by atoms with E-state index in [1.165, 1.54) is 41.1 Å². The molecule has 2 amide bonds. The highest BCUT2D eigenvalue weighted by Crippen LogP contribution is 2.32. The number of amides is 2. The van der Waals surface area contributed by atoms with Crippen LogP contribution in [-0.2, 0) is 22.6 Å². The van der Waals surface area contributed by atoms with Crippen LogP contribution in [0.15, 0.2) is 60.7 Å². The maximum absolute atomic E-state index is 14.2.